The van der Waals surface area contributed by atoms with Crippen molar-refractivity contribution in [3.05, 3.63) is 90.6 Å². The van der Waals surface area contributed by atoms with Gasteiger partial charge in [-0.15, -0.1) is 0 Å². The van der Waals surface area contributed by atoms with E-state index < -0.39 is 6.03 Å². The van der Waals surface area contributed by atoms with E-state index in [0.717, 1.165) is 5.56 Å². The van der Waals surface area contributed by atoms with E-state index in [1.807, 2.05) is 36.4 Å². The second kappa shape index (κ2) is 8.32. The summed E-state index contributed by atoms with van der Waals surface area (Å²) in [4.78, 5) is 28.1. The molecule has 0 unspecified atom stereocenters. The van der Waals surface area contributed by atoms with E-state index in [4.69, 9.17) is 10.2 Å². The number of urea groups is 1. The third kappa shape index (κ3) is 4.20. The molecule has 4 rings (SSSR count). The van der Waals surface area contributed by atoms with E-state index in [-0.39, 0.29) is 5.91 Å². The zero-order chi connectivity index (χ0) is 20.9. The summed E-state index contributed by atoms with van der Waals surface area (Å²) in [6.45, 7) is 0. The second-order valence-electron chi connectivity index (χ2n) is 6.46. The van der Waals surface area contributed by atoms with Crippen molar-refractivity contribution in [2.45, 2.75) is 0 Å². The van der Waals surface area contributed by atoms with Crippen LogP contribution in [0.1, 0.15) is 10.4 Å². The lowest BCUT2D eigenvalue weighted by molar-refractivity contribution is 0.102. The summed E-state index contributed by atoms with van der Waals surface area (Å²) in [6.07, 6.45) is 1.64. The largest absolute Gasteiger partial charge is 0.436 e. The van der Waals surface area contributed by atoms with Gasteiger partial charge in [0.15, 0.2) is 5.76 Å². The molecule has 0 fully saturated rings. The topological polar surface area (TPSA) is 110 Å². The fourth-order valence-electron chi connectivity index (χ4n) is 2.98. The van der Waals surface area contributed by atoms with Crippen molar-refractivity contribution < 1.29 is 14.0 Å². The molecule has 7 nitrogen and oxygen atoms in total. The Morgan fingerprint density at radius 1 is 0.800 bits per heavy atom. The minimum absolute atomic E-state index is 0.305. The van der Waals surface area contributed by atoms with Crippen LogP contribution in [-0.4, -0.2) is 16.9 Å². The van der Waals surface area contributed by atoms with E-state index in [1.165, 1.54) is 0 Å². The lowest BCUT2D eigenvalue weighted by Gasteiger charge is -2.09. The number of carbonyl (C=O) groups excluding carboxylic acids is 2. The van der Waals surface area contributed by atoms with Gasteiger partial charge >= 0.3 is 6.03 Å². The number of anilines is 2. The minimum atomic E-state index is -0.651. The van der Waals surface area contributed by atoms with Crippen LogP contribution < -0.4 is 16.4 Å². The number of rotatable bonds is 5. The average molecular weight is 398 g/mol. The van der Waals surface area contributed by atoms with Crippen molar-refractivity contribution in [1.82, 2.24) is 4.98 Å². The van der Waals surface area contributed by atoms with Crippen LogP contribution in [0.15, 0.2) is 89.5 Å². The molecule has 4 aromatic rings. The maximum absolute atomic E-state index is 12.9. The maximum Gasteiger partial charge on any atom is 0.316 e. The van der Waals surface area contributed by atoms with Gasteiger partial charge in [-0.25, -0.2) is 9.78 Å². The highest BCUT2D eigenvalue weighted by atomic mass is 16.4. The first kappa shape index (κ1) is 18.9. The SMILES string of the molecule is NC(=O)Nc1ccc(NC(=O)c2ccccc2-c2ncc(-c3ccccc3)o2)cc1. The summed E-state index contributed by atoms with van der Waals surface area (Å²) >= 11 is 0. The van der Waals surface area contributed by atoms with Gasteiger partial charge in [0.2, 0.25) is 5.89 Å². The summed E-state index contributed by atoms with van der Waals surface area (Å²) in [5, 5.41) is 5.30. The molecule has 0 radical (unpaired) electrons. The first-order chi connectivity index (χ1) is 14.6. The van der Waals surface area contributed by atoms with Gasteiger partial charge in [0.1, 0.15) is 0 Å². The molecule has 0 aliphatic carbocycles. The monoisotopic (exact) mass is 398 g/mol. The highest BCUT2D eigenvalue weighted by Crippen LogP contribution is 2.28. The zero-order valence-electron chi connectivity index (χ0n) is 15.8. The number of nitrogens with zero attached hydrogens (tertiary/aromatic N) is 1. The molecule has 0 aliphatic rings. The molecule has 3 aromatic carbocycles. The van der Waals surface area contributed by atoms with E-state index >= 15 is 0 Å². The van der Waals surface area contributed by atoms with Crippen LogP contribution in [0.2, 0.25) is 0 Å². The second-order valence-corrected chi connectivity index (χ2v) is 6.46. The lowest BCUT2D eigenvalue weighted by Crippen LogP contribution is -2.19. The molecule has 0 bridgehead atoms. The number of carbonyl (C=O) groups is 2. The Balaban J connectivity index is 1.57. The van der Waals surface area contributed by atoms with Crippen molar-refractivity contribution >= 4 is 23.3 Å². The Kier molecular flexibility index (Phi) is 5.25. The smallest absolute Gasteiger partial charge is 0.316 e. The Hall–Kier alpha value is -4.39. The number of oxazole rings is 1. The molecule has 7 heteroatoms. The Morgan fingerprint density at radius 2 is 1.43 bits per heavy atom. The summed E-state index contributed by atoms with van der Waals surface area (Å²) in [5.41, 5.74) is 8.12. The van der Waals surface area contributed by atoms with E-state index in [9.17, 15) is 9.59 Å². The van der Waals surface area contributed by atoms with Crippen LogP contribution in [0.4, 0.5) is 16.2 Å². The van der Waals surface area contributed by atoms with Gasteiger partial charge in [-0.3, -0.25) is 4.79 Å². The molecule has 30 heavy (non-hydrogen) atoms. The third-order valence-corrected chi connectivity index (χ3v) is 4.38. The van der Waals surface area contributed by atoms with Gasteiger partial charge in [-0.05, 0) is 36.4 Å². The van der Waals surface area contributed by atoms with Crippen LogP contribution in [-0.2, 0) is 0 Å². The highest BCUT2D eigenvalue weighted by Gasteiger charge is 2.17. The maximum atomic E-state index is 12.9. The number of benzene rings is 3. The van der Waals surface area contributed by atoms with Crippen molar-refractivity contribution in [1.29, 1.82) is 0 Å². The van der Waals surface area contributed by atoms with E-state index in [0.29, 0.717) is 34.2 Å². The summed E-state index contributed by atoms with van der Waals surface area (Å²) < 4.78 is 5.91. The average Bonchev–Trinajstić information content (AvgIpc) is 3.25. The summed E-state index contributed by atoms with van der Waals surface area (Å²) in [6, 6.07) is 22.7. The van der Waals surface area contributed by atoms with E-state index in [1.54, 1.807) is 48.7 Å². The van der Waals surface area contributed by atoms with Gasteiger partial charge in [0.25, 0.3) is 5.91 Å². The van der Waals surface area contributed by atoms with Crippen molar-refractivity contribution in [2.75, 3.05) is 10.6 Å². The molecule has 3 amide bonds. The summed E-state index contributed by atoms with van der Waals surface area (Å²) in [5.74, 6) is 0.680. The Morgan fingerprint density at radius 3 is 2.13 bits per heavy atom. The first-order valence-corrected chi connectivity index (χ1v) is 9.19. The molecular formula is C23H18N4O3. The molecule has 4 N–H and O–H groups in total. The standard InChI is InChI=1S/C23H18N4O3/c24-23(29)27-17-12-10-16(11-13-17)26-21(28)18-8-4-5-9-19(18)22-25-14-20(30-22)15-6-2-1-3-7-15/h1-14H,(H,26,28)(H3,24,27,29). The van der Waals surface area contributed by atoms with Crippen molar-refractivity contribution in [3.63, 3.8) is 0 Å². The Bertz CT molecular complexity index is 1180. The van der Waals surface area contributed by atoms with Crippen LogP contribution >= 0.6 is 0 Å². The molecule has 0 saturated heterocycles. The predicted molar refractivity (Wildman–Crippen MR) is 115 cm³/mol. The normalized spacial score (nSPS) is 10.4. The molecule has 0 spiro atoms. The fourth-order valence-corrected chi connectivity index (χ4v) is 2.98. The van der Waals surface area contributed by atoms with Gasteiger partial charge in [-0.2, -0.15) is 0 Å². The van der Waals surface area contributed by atoms with Crippen molar-refractivity contribution in [3.8, 4) is 22.8 Å². The molecule has 0 aliphatic heterocycles. The van der Waals surface area contributed by atoms with Crippen LogP contribution in [0.3, 0.4) is 0 Å². The molecule has 148 valence electrons. The molecule has 1 heterocycles. The number of amides is 3. The number of nitrogens with two attached hydrogens (primary N) is 1. The van der Waals surface area contributed by atoms with E-state index in [2.05, 4.69) is 15.6 Å². The minimum Gasteiger partial charge on any atom is -0.436 e. The lowest BCUT2D eigenvalue weighted by atomic mass is 10.1. The first-order valence-electron chi connectivity index (χ1n) is 9.19. The third-order valence-electron chi connectivity index (χ3n) is 4.38. The molecule has 0 atom stereocenters. The number of nitrogens with one attached hydrogen (secondary N) is 2. The predicted octanol–water partition coefficient (Wildman–Crippen LogP) is 4.75. The molecule has 0 saturated carbocycles. The Labute approximate surface area is 172 Å². The number of hydrogen-bond acceptors (Lipinski definition) is 4. The van der Waals surface area contributed by atoms with Gasteiger partial charge < -0.3 is 20.8 Å². The number of hydrogen-bond donors (Lipinski definition) is 3. The quantitative estimate of drug-likeness (QED) is 0.450. The van der Waals surface area contributed by atoms with Crippen LogP contribution in [0.25, 0.3) is 22.8 Å². The van der Waals surface area contributed by atoms with Crippen molar-refractivity contribution in [2.24, 2.45) is 5.73 Å². The molecule has 1 aromatic heterocycles. The highest BCUT2D eigenvalue weighted by molar-refractivity contribution is 6.08. The fraction of sp³-hybridized carbons (Fsp3) is 0. The van der Waals surface area contributed by atoms with Gasteiger partial charge in [0.05, 0.1) is 11.8 Å². The van der Waals surface area contributed by atoms with Gasteiger partial charge in [0, 0.05) is 22.5 Å². The van der Waals surface area contributed by atoms with Gasteiger partial charge in [-0.1, -0.05) is 42.5 Å². The number of primary amides is 1. The van der Waals surface area contributed by atoms with Crippen LogP contribution in [0.5, 0.6) is 0 Å². The van der Waals surface area contributed by atoms with Crippen LogP contribution in [0, 0.1) is 0 Å². The molecular weight excluding hydrogens is 380 g/mol. The zero-order valence-corrected chi connectivity index (χ0v) is 15.8. The summed E-state index contributed by atoms with van der Waals surface area (Å²) in [7, 11) is 0. The number of aromatic nitrogens is 1.